The number of halogens is 2. The third kappa shape index (κ3) is 5.37. The number of hydrogen-bond donors (Lipinski definition) is 0. The van der Waals surface area contributed by atoms with Gasteiger partial charge in [0.05, 0.1) is 5.02 Å². The molecule has 1 saturated heterocycles. The van der Waals surface area contributed by atoms with Crippen LogP contribution in [0.25, 0.3) is 0 Å². The van der Waals surface area contributed by atoms with Crippen LogP contribution in [-0.4, -0.2) is 43.7 Å². The van der Waals surface area contributed by atoms with Crippen LogP contribution in [0.4, 0.5) is 0 Å². The fourth-order valence-electron chi connectivity index (χ4n) is 3.09. The number of esters is 1. The Labute approximate surface area is 163 Å². The van der Waals surface area contributed by atoms with E-state index in [1.165, 1.54) is 5.56 Å². The maximum Gasteiger partial charge on any atom is 0.344 e. The lowest BCUT2D eigenvalue weighted by molar-refractivity contribution is -0.146. The van der Waals surface area contributed by atoms with Gasteiger partial charge in [0.1, 0.15) is 12.4 Å². The van der Waals surface area contributed by atoms with Crippen LogP contribution in [0.15, 0.2) is 48.5 Å². The molecular formula is C20H21Cl2NO3. The van der Waals surface area contributed by atoms with E-state index in [0.717, 1.165) is 26.1 Å². The molecule has 1 fully saturated rings. The molecule has 0 radical (unpaired) electrons. The fourth-order valence-corrected chi connectivity index (χ4v) is 3.56. The predicted molar refractivity (Wildman–Crippen MR) is 103 cm³/mol. The second-order valence-corrected chi connectivity index (χ2v) is 7.12. The van der Waals surface area contributed by atoms with Gasteiger partial charge in [0.15, 0.2) is 6.61 Å². The first kappa shape index (κ1) is 19.0. The molecule has 0 unspecified atom stereocenters. The molecule has 1 atom stereocenters. The van der Waals surface area contributed by atoms with Gasteiger partial charge < -0.3 is 9.47 Å². The Hall–Kier alpha value is -1.75. The van der Waals surface area contributed by atoms with Crippen LogP contribution in [0.3, 0.4) is 0 Å². The number of benzene rings is 2. The van der Waals surface area contributed by atoms with Gasteiger partial charge in [-0.25, -0.2) is 4.79 Å². The molecule has 26 heavy (non-hydrogen) atoms. The van der Waals surface area contributed by atoms with E-state index >= 15 is 0 Å². The van der Waals surface area contributed by atoms with Crippen molar-refractivity contribution < 1.29 is 14.3 Å². The molecule has 1 aliphatic heterocycles. The molecule has 0 N–H and O–H groups in total. The van der Waals surface area contributed by atoms with E-state index in [9.17, 15) is 4.79 Å². The van der Waals surface area contributed by atoms with E-state index in [1.54, 1.807) is 18.2 Å². The number of rotatable bonds is 7. The summed E-state index contributed by atoms with van der Waals surface area (Å²) in [6.45, 7) is 2.94. The minimum Gasteiger partial charge on any atom is -0.480 e. The highest BCUT2D eigenvalue weighted by Crippen LogP contribution is 2.28. The molecule has 0 aromatic heterocycles. The van der Waals surface area contributed by atoms with E-state index in [2.05, 4.69) is 29.2 Å². The summed E-state index contributed by atoms with van der Waals surface area (Å²) in [6, 6.07) is 15.4. The number of carbonyl (C=O) groups excluding carboxylic acids is 1. The molecular weight excluding hydrogens is 373 g/mol. The van der Waals surface area contributed by atoms with Crippen molar-refractivity contribution >= 4 is 29.2 Å². The number of hydrogen-bond acceptors (Lipinski definition) is 4. The van der Waals surface area contributed by atoms with E-state index in [1.807, 2.05) is 6.07 Å². The summed E-state index contributed by atoms with van der Waals surface area (Å²) in [6.07, 6.45) is 1.14. The van der Waals surface area contributed by atoms with Gasteiger partial charge in [-0.2, -0.15) is 0 Å². The Morgan fingerprint density at radius 1 is 1.15 bits per heavy atom. The Balaban J connectivity index is 1.35. The van der Waals surface area contributed by atoms with Crippen LogP contribution in [0.2, 0.25) is 10.0 Å². The van der Waals surface area contributed by atoms with Crippen molar-refractivity contribution in [3.63, 3.8) is 0 Å². The first-order valence-electron chi connectivity index (χ1n) is 8.62. The van der Waals surface area contributed by atoms with Crippen molar-refractivity contribution in [3.05, 3.63) is 64.1 Å². The minimum absolute atomic E-state index is 0.173. The number of likely N-dealkylation sites (tertiary alicyclic amines) is 1. The number of carbonyl (C=O) groups is 1. The maximum atomic E-state index is 11.8. The van der Waals surface area contributed by atoms with Crippen LogP contribution >= 0.6 is 23.2 Å². The molecule has 0 spiro atoms. The highest BCUT2D eigenvalue weighted by atomic mass is 35.5. The Morgan fingerprint density at radius 2 is 1.96 bits per heavy atom. The zero-order valence-corrected chi connectivity index (χ0v) is 15.9. The van der Waals surface area contributed by atoms with Crippen molar-refractivity contribution in [1.29, 1.82) is 0 Å². The van der Waals surface area contributed by atoms with Crippen LogP contribution in [0, 0.1) is 0 Å². The van der Waals surface area contributed by atoms with Crippen LogP contribution in [0.1, 0.15) is 17.9 Å². The highest BCUT2D eigenvalue weighted by molar-refractivity contribution is 6.35. The van der Waals surface area contributed by atoms with Gasteiger partial charge in [-0.3, -0.25) is 4.90 Å². The van der Waals surface area contributed by atoms with E-state index in [-0.39, 0.29) is 6.61 Å². The molecule has 6 heteroatoms. The largest absolute Gasteiger partial charge is 0.480 e. The zero-order chi connectivity index (χ0) is 18.4. The standard InChI is InChI=1S/C20H21Cl2NO3/c21-17-6-7-19(18(22)12-17)26-14-20(24)25-11-10-23-9-8-16(13-23)15-4-2-1-3-5-15/h1-7,12,16H,8-11,13-14H2/t16-/m0/s1. The van der Waals surface area contributed by atoms with Crippen LogP contribution in [-0.2, 0) is 9.53 Å². The predicted octanol–water partition coefficient (Wildman–Crippen LogP) is 4.40. The summed E-state index contributed by atoms with van der Waals surface area (Å²) in [4.78, 5) is 14.1. The SMILES string of the molecule is O=C(COc1ccc(Cl)cc1Cl)OCCN1CC[C@H](c2ccccc2)C1. The quantitative estimate of drug-likeness (QED) is 0.653. The molecule has 138 valence electrons. The summed E-state index contributed by atoms with van der Waals surface area (Å²) < 4.78 is 10.6. The van der Waals surface area contributed by atoms with Crippen molar-refractivity contribution in [2.45, 2.75) is 12.3 Å². The molecule has 0 saturated carbocycles. The van der Waals surface area contributed by atoms with E-state index < -0.39 is 5.97 Å². The molecule has 1 heterocycles. The molecule has 2 aromatic carbocycles. The van der Waals surface area contributed by atoms with Crippen molar-refractivity contribution in [2.24, 2.45) is 0 Å². The lowest BCUT2D eigenvalue weighted by Gasteiger charge is -2.16. The van der Waals surface area contributed by atoms with Crippen molar-refractivity contribution in [2.75, 3.05) is 32.8 Å². The average Bonchev–Trinajstić information content (AvgIpc) is 3.11. The topological polar surface area (TPSA) is 38.8 Å². The average molecular weight is 394 g/mol. The van der Waals surface area contributed by atoms with E-state index in [4.69, 9.17) is 32.7 Å². The molecule has 0 bridgehead atoms. The first-order chi connectivity index (χ1) is 12.6. The molecule has 2 aromatic rings. The summed E-state index contributed by atoms with van der Waals surface area (Å²) in [5.41, 5.74) is 1.38. The first-order valence-corrected chi connectivity index (χ1v) is 9.38. The summed E-state index contributed by atoms with van der Waals surface area (Å²) in [5.74, 6) is 0.565. The summed E-state index contributed by atoms with van der Waals surface area (Å²) >= 11 is 11.8. The van der Waals surface area contributed by atoms with Gasteiger partial charge in [0, 0.05) is 18.1 Å². The smallest absolute Gasteiger partial charge is 0.344 e. The minimum atomic E-state index is -0.408. The van der Waals surface area contributed by atoms with E-state index in [0.29, 0.717) is 28.3 Å². The molecule has 0 aliphatic carbocycles. The van der Waals surface area contributed by atoms with Gasteiger partial charge in [0.2, 0.25) is 0 Å². The van der Waals surface area contributed by atoms with Crippen molar-refractivity contribution in [3.8, 4) is 5.75 Å². The lowest BCUT2D eigenvalue weighted by atomic mass is 9.99. The van der Waals surface area contributed by atoms with Gasteiger partial charge in [-0.15, -0.1) is 0 Å². The zero-order valence-electron chi connectivity index (χ0n) is 14.4. The van der Waals surface area contributed by atoms with Crippen LogP contribution in [0.5, 0.6) is 5.75 Å². The molecule has 3 rings (SSSR count). The van der Waals surface area contributed by atoms with Gasteiger partial charge in [0.25, 0.3) is 0 Å². The fraction of sp³-hybridized carbons (Fsp3) is 0.350. The third-order valence-corrected chi connectivity index (χ3v) is 4.98. The summed E-state index contributed by atoms with van der Waals surface area (Å²) in [7, 11) is 0. The van der Waals surface area contributed by atoms with Gasteiger partial charge >= 0.3 is 5.97 Å². The Morgan fingerprint density at radius 3 is 2.73 bits per heavy atom. The highest BCUT2D eigenvalue weighted by Gasteiger charge is 2.23. The molecule has 4 nitrogen and oxygen atoms in total. The van der Waals surface area contributed by atoms with Gasteiger partial charge in [-0.1, -0.05) is 53.5 Å². The number of nitrogens with zero attached hydrogens (tertiary/aromatic N) is 1. The monoisotopic (exact) mass is 393 g/mol. The lowest BCUT2D eigenvalue weighted by Crippen LogP contribution is -2.27. The summed E-state index contributed by atoms with van der Waals surface area (Å²) in [5, 5.41) is 0.888. The van der Waals surface area contributed by atoms with Gasteiger partial charge in [-0.05, 0) is 42.6 Å². The second kappa shape index (κ2) is 9.26. The third-order valence-electron chi connectivity index (χ3n) is 4.45. The normalized spacial score (nSPS) is 17.2. The maximum absolute atomic E-state index is 11.8. The molecule has 0 amide bonds. The Bertz CT molecular complexity index is 739. The Kier molecular flexibility index (Phi) is 6.78. The van der Waals surface area contributed by atoms with Crippen molar-refractivity contribution in [1.82, 2.24) is 4.90 Å². The van der Waals surface area contributed by atoms with Crippen LogP contribution < -0.4 is 4.74 Å². The number of ether oxygens (including phenoxy) is 2. The molecule has 1 aliphatic rings. The second-order valence-electron chi connectivity index (χ2n) is 6.28.